The number of hydrogen-bond donors (Lipinski definition) is 2. The van der Waals surface area contributed by atoms with Gasteiger partial charge in [0.1, 0.15) is 6.10 Å². The predicted molar refractivity (Wildman–Crippen MR) is 195 cm³/mol. The molecule has 0 aliphatic heterocycles. The molecule has 0 aromatic carbocycles. The van der Waals surface area contributed by atoms with Crippen molar-refractivity contribution in [3.8, 4) is 0 Å². The number of carbonyl (C=O) groups excluding carboxylic acids is 1. The molecule has 46 heavy (non-hydrogen) atoms. The van der Waals surface area contributed by atoms with Crippen LogP contribution in [-0.4, -0.2) is 34.5 Å². The number of rotatable bonds is 12. The zero-order chi connectivity index (χ0) is 34.7. The minimum Gasteiger partial charge on any atom is -0.462 e. The third kappa shape index (κ3) is 11.9. The van der Waals surface area contributed by atoms with Gasteiger partial charge < -0.3 is 14.9 Å². The zero-order valence-electron chi connectivity index (χ0n) is 30.4. The number of esters is 1. The molecule has 0 radical (unpaired) electrons. The number of aliphatic hydroxyl groups is 2. The quantitative estimate of drug-likeness (QED) is 0.167. The van der Waals surface area contributed by atoms with E-state index >= 15 is 0 Å². The van der Waals surface area contributed by atoms with Crippen LogP contribution < -0.4 is 0 Å². The maximum absolute atomic E-state index is 11.4. The Bertz CT molecular complexity index is 1380. The van der Waals surface area contributed by atoms with Gasteiger partial charge in [-0.15, -0.1) is 0 Å². The normalized spacial score (nSPS) is 27.3. The molecule has 0 saturated heterocycles. The van der Waals surface area contributed by atoms with Gasteiger partial charge in [-0.05, 0) is 70.3 Å². The van der Waals surface area contributed by atoms with E-state index in [9.17, 15) is 15.0 Å². The summed E-state index contributed by atoms with van der Waals surface area (Å²) in [5.41, 5.74) is 6.63. The van der Waals surface area contributed by atoms with Crippen molar-refractivity contribution in [3.05, 3.63) is 119 Å². The molecule has 2 aliphatic carbocycles. The molecule has 4 nitrogen and oxygen atoms in total. The largest absolute Gasteiger partial charge is 0.462 e. The minimum absolute atomic E-state index is 0.0410. The van der Waals surface area contributed by atoms with Crippen LogP contribution >= 0.6 is 0 Å². The van der Waals surface area contributed by atoms with Gasteiger partial charge in [-0.3, -0.25) is 4.79 Å². The molecule has 4 atom stereocenters. The van der Waals surface area contributed by atoms with Crippen molar-refractivity contribution < 1.29 is 19.7 Å². The number of ether oxygens (including phenoxy) is 1. The van der Waals surface area contributed by atoms with Gasteiger partial charge in [-0.2, -0.15) is 0 Å². The van der Waals surface area contributed by atoms with Gasteiger partial charge in [0, 0.05) is 18.8 Å². The van der Waals surface area contributed by atoms with E-state index in [0.29, 0.717) is 12.8 Å². The Morgan fingerprint density at radius 2 is 1.26 bits per heavy atom. The summed E-state index contributed by atoms with van der Waals surface area (Å²) in [5.74, 6) is -0.208. The summed E-state index contributed by atoms with van der Waals surface area (Å²) < 4.78 is 5.50. The fourth-order valence-corrected chi connectivity index (χ4v) is 6.66. The summed E-state index contributed by atoms with van der Waals surface area (Å²) in [6.07, 6.45) is 30.9. The molecule has 0 unspecified atom stereocenters. The molecule has 0 heterocycles. The Kier molecular flexibility index (Phi) is 14.5. The van der Waals surface area contributed by atoms with Crippen molar-refractivity contribution in [2.45, 2.75) is 120 Å². The molecule has 0 aromatic rings. The van der Waals surface area contributed by atoms with E-state index in [1.165, 1.54) is 23.6 Å². The average molecular weight is 629 g/mol. The topological polar surface area (TPSA) is 66.8 Å². The van der Waals surface area contributed by atoms with Crippen molar-refractivity contribution in [1.82, 2.24) is 0 Å². The molecule has 0 bridgehead atoms. The molecule has 0 spiro atoms. The van der Waals surface area contributed by atoms with Gasteiger partial charge in [-0.1, -0.05) is 148 Å². The summed E-state index contributed by atoms with van der Waals surface area (Å²) in [4.78, 5) is 11.4. The van der Waals surface area contributed by atoms with Gasteiger partial charge in [0.25, 0.3) is 0 Å². The Balaban J connectivity index is 1.90. The van der Waals surface area contributed by atoms with Gasteiger partial charge in [-0.25, -0.2) is 0 Å². The van der Waals surface area contributed by atoms with Crippen LogP contribution in [0.3, 0.4) is 0 Å². The summed E-state index contributed by atoms with van der Waals surface area (Å²) in [6, 6.07) is 0. The summed E-state index contributed by atoms with van der Waals surface area (Å²) in [5, 5.41) is 21.0. The molecular weight excluding hydrogens is 568 g/mol. The molecular formula is C42H60O4. The van der Waals surface area contributed by atoms with Gasteiger partial charge in [0.15, 0.2) is 0 Å². The molecule has 2 rings (SSSR count). The van der Waals surface area contributed by atoms with Crippen molar-refractivity contribution >= 4 is 5.97 Å². The molecule has 1 saturated carbocycles. The second-order valence-electron chi connectivity index (χ2n) is 15.0. The SMILES string of the molecule is CC(=O)O[C@@H]1CC(C)=C(/C=C/C(C)=C/C=C/C(C)=C/C=C/C=C(C)/C=C/C=C(C)/C=C/[C@@H](O)[C@]2(C)C[C@@H](O)CC2(C)C)C(C)(C)C1. The minimum atomic E-state index is -0.603. The number of allylic oxidation sites excluding steroid dienone is 18. The van der Waals surface area contributed by atoms with Crippen molar-refractivity contribution in [3.63, 3.8) is 0 Å². The zero-order valence-corrected chi connectivity index (χ0v) is 30.4. The Labute approximate surface area is 280 Å². The van der Waals surface area contributed by atoms with Crippen LogP contribution in [-0.2, 0) is 9.53 Å². The summed E-state index contributed by atoms with van der Waals surface area (Å²) >= 11 is 0. The molecule has 0 aromatic heterocycles. The van der Waals surface area contributed by atoms with Crippen LogP contribution in [0.2, 0.25) is 0 Å². The highest BCUT2D eigenvalue weighted by Gasteiger charge is 2.52. The third-order valence-corrected chi connectivity index (χ3v) is 9.72. The van der Waals surface area contributed by atoms with Crippen LogP contribution in [0.1, 0.15) is 102 Å². The highest BCUT2D eigenvalue weighted by atomic mass is 16.5. The highest BCUT2D eigenvalue weighted by molar-refractivity contribution is 5.66. The molecule has 0 amide bonds. The van der Waals surface area contributed by atoms with E-state index in [4.69, 9.17) is 4.74 Å². The maximum atomic E-state index is 11.4. The molecule has 4 heteroatoms. The first-order valence-electron chi connectivity index (χ1n) is 16.7. The van der Waals surface area contributed by atoms with Crippen LogP contribution in [0.5, 0.6) is 0 Å². The Hall–Kier alpha value is -3.21. The van der Waals surface area contributed by atoms with Gasteiger partial charge in [0.05, 0.1) is 12.2 Å². The molecule has 1 fully saturated rings. The lowest BCUT2D eigenvalue weighted by atomic mass is 9.66. The van der Waals surface area contributed by atoms with E-state index in [1.807, 2.05) is 43.4 Å². The second-order valence-corrected chi connectivity index (χ2v) is 15.0. The lowest BCUT2D eigenvalue weighted by Gasteiger charge is -2.40. The van der Waals surface area contributed by atoms with E-state index in [-0.39, 0.29) is 34.4 Å². The maximum Gasteiger partial charge on any atom is 0.302 e. The Morgan fingerprint density at radius 1 is 0.761 bits per heavy atom. The van der Waals surface area contributed by atoms with Crippen LogP contribution in [0.25, 0.3) is 0 Å². The van der Waals surface area contributed by atoms with Crippen molar-refractivity contribution in [2.75, 3.05) is 0 Å². The van der Waals surface area contributed by atoms with Crippen LogP contribution in [0.15, 0.2) is 119 Å². The Morgan fingerprint density at radius 3 is 1.74 bits per heavy atom. The number of hydrogen-bond acceptors (Lipinski definition) is 4. The smallest absolute Gasteiger partial charge is 0.302 e. The van der Waals surface area contributed by atoms with E-state index in [1.54, 1.807) is 0 Å². The fraction of sp³-hybridized carbons (Fsp3) is 0.500. The van der Waals surface area contributed by atoms with E-state index < -0.39 is 6.10 Å². The first-order chi connectivity index (χ1) is 21.4. The lowest BCUT2D eigenvalue weighted by Crippen LogP contribution is -2.39. The van der Waals surface area contributed by atoms with Gasteiger partial charge >= 0.3 is 5.97 Å². The van der Waals surface area contributed by atoms with Gasteiger partial charge in [0.2, 0.25) is 0 Å². The molecule has 2 aliphatic rings. The first kappa shape index (κ1) is 39.0. The average Bonchev–Trinajstić information content (AvgIpc) is 3.14. The van der Waals surface area contributed by atoms with Crippen molar-refractivity contribution in [2.24, 2.45) is 16.2 Å². The summed E-state index contributed by atoms with van der Waals surface area (Å²) in [7, 11) is 0. The molecule has 2 N–H and O–H groups in total. The number of carbonyl (C=O) groups is 1. The monoisotopic (exact) mass is 628 g/mol. The lowest BCUT2D eigenvalue weighted by molar-refractivity contribution is -0.147. The molecule has 252 valence electrons. The van der Waals surface area contributed by atoms with Crippen LogP contribution in [0, 0.1) is 16.2 Å². The standard InChI is InChI=1S/C42H60O4/c1-30(18-14-20-32(3)22-24-38-34(5)26-37(46-35(6)43)29-40(38,7)8)16-12-13-17-31(2)19-15-21-33(4)23-25-39(45)42(11)28-36(44)27-41(42,9)10/h12-25,36-37,39,44-45H,26-29H2,1-11H3/b13-12+,18-14+,19-15+,24-22+,25-23+,30-16+,31-17+,32-20+,33-21+/t36-,37+,39+,42-/m0/s1. The van der Waals surface area contributed by atoms with E-state index in [0.717, 1.165) is 29.6 Å². The predicted octanol–water partition coefficient (Wildman–Crippen LogP) is 10.2. The third-order valence-electron chi connectivity index (χ3n) is 9.72. The second kappa shape index (κ2) is 17.1. The summed E-state index contributed by atoms with van der Waals surface area (Å²) in [6.45, 7) is 22.7. The first-order valence-corrected chi connectivity index (χ1v) is 16.7. The van der Waals surface area contributed by atoms with Crippen molar-refractivity contribution in [1.29, 1.82) is 0 Å². The van der Waals surface area contributed by atoms with Crippen LogP contribution in [0.4, 0.5) is 0 Å². The van der Waals surface area contributed by atoms with E-state index in [2.05, 4.69) is 111 Å². The highest BCUT2D eigenvalue weighted by Crippen LogP contribution is 2.54. The number of aliphatic hydroxyl groups excluding tert-OH is 2. The fourth-order valence-electron chi connectivity index (χ4n) is 6.66.